The molecule has 1 N–H and O–H groups in total. The summed E-state index contributed by atoms with van der Waals surface area (Å²) >= 11 is 1.09. The minimum atomic E-state index is -0.410. The van der Waals surface area contributed by atoms with Crippen molar-refractivity contribution in [1.29, 1.82) is 0 Å². The monoisotopic (exact) mass is 253 g/mol. The van der Waals surface area contributed by atoms with Gasteiger partial charge in [-0.15, -0.1) is 0 Å². The Balaban J connectivity index is 1.77. The van der Waals surface area contributed by atoms with Gasteiger partial charge in [-0.2, -0.15) is 0 Å². The lowest BCUT2D eigenvalue weighted by atomic mass is 9.97. The molecule has 0 saturated carbocycles. The number of thiazole rings is 1. The van der Waals surface area contributed by atoms with Crippen LogP contribution in [-0.4, -0.2) is 16.5 Å². The Kier molecular flexibility index (Phi) is 4.08. The van der Waals surface area contributed by atoms with E-state index >= 15 is 0 Å². The van der Waals surface area contributed by atoms with E-state index in [-0.39, 0.29) is 5.00 Å². The summed E-state index contributed by atoms with van der Waals surface area (Å²) < 4.78 is 0. The molecule has 0 amide bonds. The Hall–Kier alpha value is -1.43. The Bertz CT molecular complexity index is 428. The molecule has 0 aliphatic heterocycles. The predicted octanol–water partition coefficient (Wildman–Crippen LogP) is 3.35. The average molecular weight is 253 g/mol. The zero-order valence-corrected chi connectivity index (χ0v) is 10.3. The van der Waals surface area contributed by atoms with E-state index in [2.05, 4.69) is 16.4 Å². The first kappa shape index (κ1) is 12.0. The lowest BCUT2D eigenvalue weighted by Gasteiger charge is -2.12. The molecule has 17 heavy (non-hydrogen) atoms. The van der Waals surface area contributed by atoms with Crippen molar-refractivity contribution in [2.75, 3.05) is 11.9 Å². The van der Waals surface area contributed by atoms with Gasteiger partial charge in [0.15, 0.2) is 5.13 Å². The number of rotatable bonds is 5. The van der Waals surface area contributed by atoms with Crippen molar-refractivity contribution in [2.24, 2.45) is 0 Å². The van der Waals surface area contributed by atoms with Crippen molar-refractivity contribution in [1.82, 2.24) is 4.98 Å². The van der Waals surface area contributed by atoms with E-state index in [1.165, 1.54) is 37.5 Å². The second-order valence-corrected chi connectivity index (χ2v) is 5.05. The number of allylic oxidation sites excluding steroid dienone is 1. The number of aromatic nitrogens is 1. The van der Waals surface area contributed by atoms with Crippen LogP contribution in [0.3, 0.4) is 0 Å². The lowest BCUT2D eigenvalue weighted by molar-refractivity contribution is -0.380. The van der Waals surface area contributed by atoms with Crippen LogP contribution in [-0.2, 0) is 0 Å². The van der Waals surface area contributed by atoms with E-state index in [9.17, 15) is 10.1 Å². The van der Waals surface area contributed by atoms with Crippen molar-refractivity contribution in [3.05, 3.63) is 28.0 Å². The fraction of sp³-hybridized carbons (Fsp3) is 0.545. The van der Waals surface area contributed by atoms with Gasteiger partial charge >= 0.3 is 5.00 Å². The molecule has 0 unspecified atom stereocenters. The highest BCUT2D eigenvalue weighted by Crippen LogP contribution is 2.25. The van der Waals surface area contributed by atoms with Gasteiger partial charge in [0, 0.05) is 6.54 Å². The van der Waals surface area contributed by atoms with Gasteiger partial charge in [0.05, 0.1) is 4.92 Å². The van der Waals surface area contributed by atoms with Gasteiger partial charge in [0.25, 0.3) is 0 Å². The van der Waals surface area contributed by atoms with Gasteiger partial charge in [-0.3, -0.25) is 10.1 Å². The SMILES string of the molecule is O=[N+]([O-])c1cnc(NCCC2=CCCCC2)s1. The third kappa shape index (κ3) is 3.52. The van der Waals surface area contributed by atoms with Crippen molar-refractivity contribution < 1.29 is 4.92 Å². The van der Waals surface area contributed by atoms with Crippen molar-refractivity contribution in [3.8, 4) is 0 Å². The van der Waals surface area contributed by atoms with Gasteiger partial charge in [-0.05, 0) is 43.4 Å². The van der Waals surface area contributed by atoms with Gasteiger partial charge in [0.1, 0.15) is 6.20 Å². The first-order valence-corrected chi connectivity index (χ1v) is 6.59. The normalized spacial score (nSPS) is 15.4. The molecule has 1 heterocycles. The maximum absolute atomic E-state index is 10.5. The number of hydrogen-bond donors (Lipinski definition) is 1. The van der Waals surface area contributed by atoms with Gasteiger partial charge < -0.3 is 5.32 Å². The molecule has 92 valence electrons. The minimum Gasteiger partial charge on any atom is -0.361 e. The second kappa shape index (κ2) is 5.77. The molecule has 2 rings (SSSR count). The van der Waals surface area contributed by atoms with E-state index in [0.29, 0.717) is 5.13 Å². The van der Waals surface area contributed by atoms with Crippen LogP contribution in [0.25, 0.3) is 0 Å². The average Bonchev–Trinajstić information content (AvgIpc) is 2.79. The summed E-state index contributed by atoms with van der Waals surface area (Å²) in [6, 6.07) is 0. The first-order chi connectivity index (χ1) is 8.25. The largest absolute Gasteiger partial charge is 0.361 e. The first-order valence-electron chi connectivity index (χ1n) is 5.78. The van der Waals surface area contributed by atoms with E-state index in [1.807, 2.05) is 0 Å². The minimum absolute atomic E-state index is 0.0874. The van der Waals surface area contributed by atoms with Crippen molar-refractivity contribution in [2.45, 2.75) is 32.1 Å². The maximum Gasteiger partial charge on any atom is 0.345 e. The molecular formula is C11H15N3O2S. The van der Waals surface area contributed by atoms with Crippen LogP contribution in [0.4, 0.5) is 10.1 Å². The molecule has 1 aromatic heterocycles. The Morgan fingerprint density at radius 3 is 3.06 bits per heavy atom. The highest BCUT2D eigenvalue weighted by Gasteiger charge is 2.11. The van der Waals surface area contributed by atoms with E-state index < -0.39 is 4.92 Å². The standard InChI is InChI=1S/C11H15N3O2S/c15-14(16)10-8-13-11(17-10)12-7-6-9-4-2-1-3-5-9/h4,8H,1-3,5-7H2,(H,12,13). The Morgan fingerprint density at radius 2 is 2.41 bits per heavy atom. The molecule has 5 nitrogen and oxygen atoms in total. The zero-order valence-electron chi connectivity index (χ0n) is 9.52. The quantitative estimate of drug-likeness (QED) is 0.496. The second-order valence-electron chi connectivity index (χ2n) is 4.05. The van der Waals surface area contributed by atoms with Gasteiger partial charge in [-0.1, -0.05) is 11.6 Å². The molecule has 0 radical (unpaired) electrons. The summed E-state index contributed by atoms with van der Waals surface area (Å²) in [7, 11) is 0. The van der Waals surface area contributed by atoms with Gasteiger partial charge in [-0.25, -0.2) is 4.98 Å². The molecule has 1 aliphatic carbocycles. The molecule has 0 aromatic carbocycles. The number of nitrogens with zero attached hydrogens (tertiary/aromatic N) is 2. The summed E-state index contributed by atoms with van der Waals surface area (Å²) in [6.07, 6.45) is 9.59. The highest BCUT2D eigenvalue weighted by molar-refractivity contribution is 7.18. The van der Waals surface area contributed by atoms with Crippen LogP contribution in [0.1, 0.15) is 32.1 Å². The highest BCUT2D eigenvalue weighted by atomic mass is 32.1. The summed E-state index contributed by atoms with van der Waals surface area (Å²) in [6.45, 7) is 0.802. The molecular weight excluding hydrogens is 238 g/mol. The molecule has 0 fully saturated rings. The number of hydrogen-bond acceptors (Lipinski definition) is 5. The summed E-state index contributed by atoms with van der Waals surface area (Å²) in [5.41, 5.74) is 1.50. The number of nitrogens with one attached hydrogen (secondary N) is 1. The molecule has 6 heteroatoms. The van der Waals surface area contributed by atoms with E-state index in [1.54, 1.807) is 0 Å². The van der Waals surface area contributed by atoms with Crippen LogP contribution in [0.5, 0.6) is 0 Å². The van der Waals surface area contributed by atoms with Crippen LogP contribution in [0.2, 0.25) is 0 Å². The molecule has 0 bridgehead atoms. The third-order valence-electron chi connectivity index (χ3n) is 2.78. The third-order valence-corrected chi connectivity index (χ3v) is 3.69. The number of nitro groups is 1. The zero-order chi connectivity index (χ0) is 12.1. The predicted molar refractivity (Wildman–Crippen MR) is 68.4 cm³/mol. The maximum atomic E-state index is 10.5. The Morgan fingerprint density at radius 1 is 1.53 bits per heavy atom. The Labute approximate surface area is 104 Å². The topological polar surface area (TPSA) is 68.1 Å². The summed E-state index contributed by atoms with van der Waals surface area (Å²) in [5.74, 6) is 0. The van der Waals surface area contributed by atoms with Crippen LogP contribution in [0, 0.1) is 10.1 Å². The van der Waals surface area contributed by atoms with Crippen LogP contribution in [0.15, 0.2) is 17.8 Å². The summed E-state index contributed by atoms with van der Waals surface area (Å²) in [4.78, 5) is 14.0. The fourth-order valence-electron chi connectivity index (χ4n) is 1.89. The number of anilines is 1. The van der Waals surface area contributed by atoms with Crippen LogP contribution < -0.4 is 5.32 Å². The fourth-order valence-corrected chi connectivity index (χ4v) is 2.55. The van der Waals surface area contributed by atoms with Crippen molar-refractivity contribution in [3.63, 3.8) is 0 Å². The lowest BCUT2D eigenvalue weighted by Crippen LogP contribution is -2.03. The molecule has 0 spiro atoms. The van der Waals surface area contributed by atoms with Gasteiger partial charge in [0.2, 0.25) is 0 Å². The molecule has 0 atom stereocenters. The summed E-state index contributed by atoms with van der Waals surface area (Å²) in [5, 5.41) is 14.3. The van der Waals surface area contributed by atoms with Crippen molar-refractivity contribution >= 4 is 21.5 Å². The van der Waals surface area contributed by atoms with Crippen LogP contribution >= 0.6 is 11.3 Å². The smallest absolute Gasteiger partial charge is 0.345 e. The van der Waals surface area contributed by atoms with E-state index in [4.69, 9.17) is 0 Å². The molecule has 0 saturated heterocycles. The molecule has 1 aromatic rings. The van der Waals surface area contributed by atoms with E-state index in [0.717, 1.165) is 24.3 Å². The molecule has 1 aliphatic rings.